The first-order chi connectivity index (χ1) is 11.5. The molecule has 0 bridgehead atoms. The van der Waals surface area contributed by atoms with Gasteiger partial charge in [-0.3, -0.25) is 9.36 Å². The van der Waals surface area contributed by atoms with Crippen LogP contribution >= 0.6 is 11.8 Å². The van der Waals surface area contributed by atoms with Crippen LogP contribution in [0.15, 0.2) is 53.7 Å². The van der Waals surface area contributed by atoms with Gasteiger partial charge >= 0.3 is 5.97 Å². The van der Waals surface area contributed by atoms with E-state index in [-0.39, 0.29) is 5.75 Å². The minimum atomic E-state index is -0.879. The zero-order chi connectivity index (χ0) is 17.1. The Bertz CT molecular complexity index is 855. The van der Waals surface area contributed by atoms with E-state index in [0.717, 1.165) is 28.6 Å². The smallest absolute Gasteiger partial charge is 0.313 e. The Morgan fingerprint density at radius 2 is 1.58 bits per heavy atom. The molecule has 6 heteroatoms. The zero-order valence-corrected chi connectivity index (χ0v) is 14.2. The molecule has 0 atom stereocenters. The highest BCUT2D eigenvalue weighted by Crippen LogP contribution is 2.28. The highest BCUT2D eigenvalue weighted by atomic mass is 32.2. The van der Waals surface area contributed by atoms with Gasteiger partial charge in [-0.25, -0.2) is 0 Å². The van der Waals surface area contributed by atoms with Crippen molar-refractivity contribution in [2.45, 2.75) is 19.0 Å². The van der Waals surface area contributed by atoms with E-state index in [9.17, 15) is 4.79 Å². The number of aliphatic carboxylic acids is 1. The number of nitrogens with zero attached hydrogens (tertiary/aromatic N) is 3. The Kier molecular flexibility index (Phi) is 4.66. The molecular weight excluding hydrogens is 322 g/mol. The molecule has 0 saturated heterocycles. The van der Waals surface area contributed by atoms with Crippen LogP contribution in [-0.4, -0.2) is 31.6 Å². The summed E-state index contributed by atoms with van der Waals surface area (Å²) in [5.74, 6) is -0.236. The number of thioether (sulfide) groups is 1. The summed E-state index contributed by atoms with van der Waals surface area (Å²) in [7, 11) is 0. The number of benzene rings is 2. The lowest BCUT2D eigenvalue weighted by molar-refractivity contribution is -0.133. The summed E-state index contributed by atoms with van der Waals surface area (Å²) in [6.45, 7) is 4.06. The maximum Gasteiger partial charge on any atom is 0.313 e. The molecule has 24 heavy (non-hydrogen) atoms. The number of carboxylic acids is 1. The van der Waals surface area contributed by atoms with E-state index in [4.69, 9.17) is 5.11 Å². The van der Waals surface area contributed by atoms with Crippen molar-refractivity contribution in [3.8, 4) is 17.1 Å². The first-order valence-corrected chi connectivity index (χ1v) is 8.47. The summed E-state index contributed by atoms with van der Waals surface area (Å²) in [6.07, 6.45) is 0. The normalized spacial score (nSPS) is 10.8. The van der Waals surface area contributed by atoms with Crippen molar-refractivity contribution in [3.63, 3.8) is 0 Å². The lowest BCUT2D eigenvalue weighted by atomic mass is 10.1. The summed E-state index contributed by atoms with van der Waals surface area (Å²) in [5, 5.41) is 18.0. The molecule has 3 aromatic rings. The van der Waals surface area contributed by atoms with Crippen LogP contribution in [-0.2, 0) is 4.79 Å². The van der Waals surface area contributed by atoms with Gasteiger partial charge in [0.2, 0.25) is 0 Å². The Hall–Kier alpha value is -2.60. The molecule has 0 aliphatic rings. The predicted molar refractivity (Wildman–Crippen MR) is 94.6 cm³/mol. The number of hydrogen-bond acceptors (Lipinski definition) is 4. The standard InChI is InChI=1S/C18H17N3O2S/c1-12-3-7-14(8-4-12)17-19-20-18(24-11-16(22)23)21(17)15-9-5-13(2)6-10-15/h3-10H,11H2,1-2H3,(H,22,23). The molecule has 0 fully saturated rings. The van der Waals surface area contributed by atoms with E-state index >= 15 is 0 Å². The van der Waals surface area contributed by atoms with Crippen molar-refractivity contribution in [3.05, 3.63) is 59.7 Å². The van der Waals surface area contributed by atoms with E-state index in [1.165, 1.54) is 5.56 Å². The van der Waals surface area contributed by atoms with Crippen LogP contribution < -0.4 is 0 Å². The summed E-state index contributed by atoms with van der Waals surface area (Å²) < 4.78 is 1.90. The monoisotopic (exact) mass is 339 g/mol. The first-order valence-electron chi connectivity index (χ1n) is 7.48. The number of aryl methyl sites for hydroxylation is 2. The quantitative estimate of drug-likeness (QED) is 0.717. The Morgan fingerprint density at radius 3 is 2.17 bits per heavy atom. The zero-order valence-electron chi connectivity index (χ0n) is 13.4. The third-order valence-corrected chi connectivity index (χ3v) is 4.47. The largest absolute Gasteiger partial charge is 0.481 e. The lowest BCUT2D eigenvalue weighted by Gasteiger charge is -2.10. The Labute approximate surface area is 144 Å². The molecule has 122 valence electrons. The van der Waals surface area contributed by atoms with Gasteiger partial charge in [0.1, 0.15) is 0 Å². The van der Waals surface area contributed by atoms with Crippen molar-refractivity contribution < 1.29 is 9.90 Å². The summed E-state index contributed by atoms with van der Waals surface area (Å²) in [6, 6.07) is 16.0. The van der Waals surface area contributed by atoms with Gasteiger partial charge in [-0.1, -0.05) is 59.3 Å². The fourth-order valence-corrected chi connectivity index (χ4v) is 2.98. The second kappa shape index (κ2) is 6.88. The summed E-state index contributed by atoms with van der Waals surface area (Å²) >= 11 is 1.16. The predicted octanol–water partition coefficient (Wildman–Crippen LogP) is 3.73. The van der Waals surface area contributed by atoms with Gasteiger partial charge in [0, 0.05) is 11.3 Å². The fourth-order valence-electron chi connectivity index (χ4n) is 2.31. The number of carbonyl (C=O) groups is 1. The molecule has 1 aromatic heterocycles. The molecule has 1 heterocycles. The van der Waals surface area contributed by atoms with Crippen LogP contribution in [0.2, 0.25) is 0 Å². The average Bonchev–Trinajstić information content (AvgIpc) is 2.98. The first kappa shape index (κ1) is 16.3. The van der Waals surface area contributed by atoms with Crippen LogP contribution in [0.5, 0.6) is 0 Å². The van der Waals surface area contributed by atoms with Gasteiger partial charge in [0.05, 0.1) is 5.75 Å². The lowest BCUT2D eigenvalue weighted by Crippen LogP contribution is -2.03. The molecule has 1 N–H and O–H groups in total. The minimum Gasteiger partial charge on any atom is -0.481 e. The molecule has 0 aliphatic carbocycles. The molecule has 0 saturated carbocycles. The van der Waals surface area contributed by atoms with Crippen molar-refractivity contribution in [2.75, 3.05) is 5.75 Å². The molecular formula is C18H17N3O2S. The fraction of sp³-hybridized carbons (Fsp3) is 0.167. The molecule has 2 aromatic carbocycles. The van der Waals surface area contributed by atoms with Gasteiger partial charge < -0.3 is 5.11 Å². The summed E-state index contributed by atoms with van der Waals surface area (Å²) in [4.78, 5) is 10.9. The van der Waals surface area contributed by atoms with E-state index in [2.05, 4.69) is 10.2 Å². The number of carboxylic acid groups (broad SMARTS) is 1. The summed E-state index contributed by atoms with van der Waals surface area (Å²) in [5.41, 5.74) is 4.17. The van der Waals surface area contributed by atoms with E-state index in [0.29, 0.717) is 11.0 Å². The van der Waals surface area contributed by atoms with E-state index in [1.54, 1.807) is 0 Å². The van der Waals surface area contributed by atoms with E-state index in [1.807, 2.05) is 66.9 Å². The maximum atomic E-state index is 10.9. The minimum absolute atomic E-state index is 0.0576. The maximum absolute atomic E-state index is 10.9. The van der Waals surface area contributed by atoms with Crippen molar-refractivity contribution >= 4 is 17.7 Å². The number of rotatable bonds is 5. The number of hydrogen-bond donors (Lipinski definition) is 1. The Morgan fingerprint density at radius 1 is 1.00 bits per heavy atom. The molecule has 0 aliphatic heterocycles. The van der Waals surface area contributed by atoms with Crippen molar-refractivity contribution in [1.82, 2.24) is 14.8 Å². The molecule has 0 unspecified atom stereocenters. The molecule has 0 spiro atoms. The van der Waals surface area contributed by atoms with Crippen molar-refractivity contribution in [2.24, 2.45) is 0 Å². The third-order valence-electron chi connectivity index (χ3n) is 3.56. The highest BCUT2D eigenvalue weighted by molar-refractivity contribution is 7.99. The molecule has 5 nitrogen and oxygen atoms in total. The van der Waals surface area contributed by atoms with E-state index < -0.39 is 5.97 Å². The molecule has 3 rings (SSSR count). The van der Waals surface area contributed by atoms with Gasteiger partial charge in [0.25, 0.3) is 0 Å². The second-order valence-corrected chi connectivity index (χ2v) is 6.47. The second-order valence-electron chi connectivity index (χ2n) is 5.53. The van der Waals surface area contributed by atoms with Crippen LogP contribution in [0.4, 0.5) is 0 Å². The van der Waals surface area contributed by atoms with Gasteiger partial charge in [-0.15, -0.1) is 10.2 Å². The van der Waals surface area contributed by atoms with Gasteiger partial charge in [0.15, 0.2) is 11.0 Å². The molecule has 0 radical (unpaired) electrons. The highest BCUT2D eigenvalue weighted by Gasteiger charge is 2.17. The SMILES string of the molecule is Cc1ccc(-c2nnc(SCC(=O)O)n2-c2ccc(C)cc2)cc1. The molecule has 0 amide bonds. The van der Waals surface area contributed by atoms with Gasteiger partial charge in [-0.05, 0) is 26.0 Å². The topological polar surface area (TPSA) is 68.0 Å². The third kappa shape index (κ3) is 3.49. The average molecular weight is 339 g/mol. The van der Waals surface area contributed by atoms with Crippen LogP contribution in [0.3, 0.4) is 0 Å². The van der Waals surface area contributed by atoms with Crippen LogP contribution in [0.1, 0.15) is 11.1 Å². The van der Waals surface area contributed by atoms with Crippen LogP contribution in [0.25, 0.3) is 17.1 Å². The van der Waals surface area contributed by atoms with Crippen molar-refractivity contribution in [1.29, 1.82) is 0 Å². The van der Waals surface area contributed by atoms with Crippen LogP contribution in [0, 0.1) is 13.8 Å². The van der Waals surface area contributed by atoms with Gasteiger partial charge in [-0.2, -0.15) is 0 Å². The Balaban J connectivity index is 2.09. The number of aromatic nitrogens is 3.